The number of methoxy groups -OCH3 is 1. The van der Waals surface area contributed by atoms with E-state index >= 15 is 0 Å². The van der Waals surface area contributed by atoms with Crippen LogP contribution in [0.1, 0.15) is 12.5 Å². The lowest BCUT2D eigenvalue weighted by molar-refractivity contribution is 0.411. The molecule has 0 fully saturated rings. The summed E-state index contributed by atoms with van der Waals surface area (Å²) < 4.78 is 6.54. The second kappa shape index (κ2) is 3.79. The Balaban J connectivity index is 2.71. The Morgan fingerprint density at radius 2 is 2.21 bits per heavy atom. The van der Waals surface area contributed by atoms with E-state index in [0.29, 0.717) is 0 Å². The van der Waals surface area contributed by atoms with Gasteiger partial charge in [-0.3, -0.25) is 0 Å². The minimum Gasteiger partial charge on any atom is -0.496 e. The number of benzene rings is 1. The summed E-state index contributed by atoms with van der Waals surface area (Å²) in [5, 5.41) is 3.86. The molecule has 0 saturated heterocycles. The molecule has 0 unspecified atom stereocenters. The molecule has 1 heterocycles. The number of hydrogen-bond acceptors (Lipinski definition) is 2. The molecule has 0 bridgehead atoms. The third kappa shape index (κ3) is 1.49. The molecule has 1 aromatic carbocycles. The fourth-order valence-corrected chi connectivity index (χ4v) is 2.74. The molecule has 1 aromatic heterocycles. The predicted octanol–water partition coefficient (Wildman–Crippen LogP) is 4.13. The average Bonchev–Trinajstić information content (AvgIpc) is 2.58. The summed E-state index contributed by atoms with van der Waals surface area (Å²) in [6.07, 6.45) is 0.981. The van der Waals surface area contributed by atoms with Crippen molar-refractivity contribution in [1.82, 2.24) is 0 Å². The van der Waals surface area contributed by atoms with Crippen LogP contribution in [0.2, 0.25) is 5.02 Å². The average molecular weight is 227 g/mol. The molecule has 2 aromatic rings. The van der Waals surface area contributed by atoms with Crippen LogP contribution in [-0.2, 0) is 6.42 Å². The maximum atomic E-state index is 6.05. The van der Waals surface area contributed by atoms with Crippen LogP contribution in [0.15, 0.2) is 17.5 Å². The van der Waals surface area contributed by atoms with E-state index < -0.39 is 0 Å². The molecule has 0 aliphatic rings. The van der Waals surface area contributed by atoms with Gasteiger partial charge in [0.2, 0.25) is 0 Å². The highest BCUT2D eigenvalue weighted by Gasteiger charge is 2.07. The van der Waals surface area contributed by atoms with Crippen LogP contribution >= 0.6 is 22.9 Å². The summed E-state index contributed by atoms with van der Waals surface area (Å²) >= 11 is 7.73. The standard InChI is InChI=1S/C11H11ClOS/c1-3-7-4-11-8(5-10(7)13-2)9(12)6-14-11/h4-6H,3H2,1-2H3. The highest BCUT2D eigenvalue weighted by atomic mass is 35.5. The Labute approximate surface area is 92.3 Å². The van der Waals surface area contributed by atoms with Gasteiger partial charge in [-0.2, -0.15) is 0 Å². The zero-order chi connectivity index (χ0) is 10.1. The summed E-state index contributed by atoms with van der Waals surface area (Å²) in [5.41, 5.74) is 1.23. The third-order valence-corrected chi connectivity index (χ3v) is 3.70. The van der Waals surface area contributed by atoms with Gasteiger partial charge in [-0.25, -0.2) is 0 Å². The highest BCUT2D eigenvalue weighted by molar-refractivity contribution is 7.17. The molecule has 0 N–H and O–H groups in total. The minimum absolute atomic E-state index is 0.811. The summed E-state index contributed by atoms with van der Waals surface area (Å²) in [5.74, 6) is 0.931. The molecule has 0 atom stereocenters. The van der Waals surface area contributed by atoms with E-state index in [1.54, 1.807) is 18.4 Å². The van der Waals surface area contributed by atoms with Gasteiger partial charge >= 0.3 is 0 Å². The molecule has 3 heteroatoms. The van der Waals surface area contributed by atoms with Crippen molar-refractivity contribution in [1.29, 1.82) is 0 Å². The molecule has 0 amide bonds. The Morgan fingerprint density at radius 1 is 1.43 bits per heavy atom. The first-order valence-electron chi connectivity index (χ1n) is 4.50. The maximum Gasteiger partial charge on any atom is 0.122 e. The maximum absolute atomic E-state index is 6.05. The Bertz CT molecular complexity index is 462. The van der Waals surface area contributed by atoms with Gasteiger partial charge in [0.25, 0.3) is 0 Å². The van der Waals surface area contributed by atoms with Gasteiger partial charge in [-0.05, 0) is 24.1 Å². The van der Waals surface area contributed by atoms with Gasteiger partial charge in [0.1, 0.15) is 5.75 Å². The van der Waals surface area contributed by atoms with Crippen LogP contribution in [0.4, 0.5) is 0 Å². The van der Waals surface area contributed by atoms with Gasteiger partial charge in [0.05, 0.1) is 12.1 Å². The van der Waals surface area contributed by atoms with Crippen LogP contribution in [0.3, 0.4) is 0 Å². The van der Waals surface area contributed by atoms with E-state index in [0.717, 1.165) is 22.6 Å². The van der Waals surface area contributed by atoms with Crippen molar-refractivity contribution in [2.45, 2.75) is 13.3 Å². The molecule has 0 aliphatic carbocycles. The Hall–Kier alpha value is -0.730. The van der Waals surface area contributed by atoms with Crippen LogP contribution in [-0.4, -0.2) is 7.11 Å². The van der Waals surface area contributed by atoms with E-state index in [1.807, 2.05) is 11.4 Å². The summed E-state index contributed by atoms with van der Waals surface area (Å²) in [4.78, 5) is 0. The van der Waals surface area contributed by atoms with Crippen molar-refractivity contribution in [2.24, 2.45) is 0 Å². The fourth-order valence-electron chi connectivity index (χ4n) is 1.53. The smallest absolute Gasteiger partial charge is 0.122 e. The predicted molar refractivity (Wildman–Crippen MR) is 62.8 cm³/mol. The van der Waals surface area contributed by atoms with Gasteiger partial charge in [-0.15, -0.1) is 11.3 Å². The molecular weight excluding hydrogens is 216 g/mol. The summed E-state index contributed by atoms with van der Waals surface area (Å²) in [6.45, 7) is 2.12. The first-order valence-corrected chi connectivity index (χ1v) is 5.75. The van der Waals surface area contributed by atoms with E-state index in [2.05, 4.69) is 13.0 Å². The number of hydrogen-bond donors (Lipinski definition) is 0. The lowest BCUT2D eigenvalue weighted by atomic mass is 10.1. The van der Waals surface area contributed by atoms with Crippen molar-refractivity contribution in [3.63, 3.8) is 0 Å². The Kier molecular flexibility index (Phi) is 2.66. The molecule has 2 rings (SSSR count). The number of ether oxygens (including phenoxy) is 1. The van der Waals surface area contributed by atoms with Gasteiger partial charge in [0, 0.05) is 15.5 Å². The van der Waals surface area contributed by atoms with Crippen LogP contribution in [0, 0.1) is 0 Å². The van der Waals surface area contributed by atoms with Crippen LogP contribution < -0.4 is 4.74 Å². The SMILES string of the molecule is CCc1cc2scc(Cl)c2cc1OC. The van der Waals surface area contributed by atoms with E-state index in [1.165, 1.54) is 10.3 Å². The second-order valence-corrected chi connectivity index (χ2v) is 4.42. The minimum atomic E-state index is 0.811. The van der Waals surface area contributed by atoms with Crippen molar-refractivity contribution in [3.8, 4) is 5.75 Å². The van der Waals surface area contributed by atoms with Crippen LogP contribution in [0.5, 0.6) is 5.75 Å². The molecule has 0 spiro atoms. The molecule has 74 valence electrons. The molecule has 0 radical (unpaired) electrons. The number of aryl methyl sites for hydroxylation is 1. The summed E-state index contributed by atoms with van der Waals surface area (Å²) in [7, 11) is 1.70. The first-order chi connectivity index (χ1) is 6.76. The van der Waals surface area contributed by atoms with Crippen molar-refractivity contribution >= 4 is 33.0 Å². The lowest BCUT2D eigenvalue weighted by Crippen LogP contribution is -1.89. The number of rotatable bonds is 2. The van der Waals surface area contributed by atoms with Crippen molar-refractivity contribution in [2.75, 3.05) is 7.11 Å². The summed E-state index contributed by atoms with van der Waals surface area (Å²) in [6, 6.07) is 4.18. The Morgan fingerprint density at radius 3 is 2.86 bits per heavy atom. The monoisotopic (exact) mass is 226 g/mol. The first kappa shape index (κ1) is 9.81. The lowest BCUT2D eigenvalue weighted by Gasteiger charge is -2.06. The van der Waals surface area contributed by atoms with Crippen LogP contribution in [0.25, 0.3) is 10.1 Å². The van der Waals surface area contributed by atoms with E-state index in [-0.39, 0.29) is 0 Å². The highest BCUT2D eigenvalue weighted by Crippen LogP contribution is 2.35. The molecular formula is C11H11ClOS. The van der Waals surface area contributed by atoms with E-state index in [4.69, 9.17) is 16.3 Å². The molecule has 0 saturated carbocycles. The van der Waals surface area contributed by atoms with Gasteiger partial charge in [-0.1, -0.05) is 18.5 Å². The topological polar surface area (TPSA) is 9.23 Å². The zero-order valence-corrected chi connectivity index (χ0v) is 9.71. The third-order valence-electron chi connectivity index (χ3n) is 2.31. The number of halogens is 1. The number of fused-ring (bicyclic) bond motifs is 1. The molecule has 0 aliphatic heterocycles. The fraction of sp³-hybridized carbons (Fsp3) is 0.273. The van der Waals surface area contributed by atoms with Gasteiger partial charge < -0.3 is 4.74 Å². The van der Waals surface area contributed by atoms with Crippen molar-refractivity contribution < 1.29 is 4.74 Å². The van der Waals surface area contributed by atoms with Gasteiger partial charge in [0.15, 0.2) is 0 Å². The zero-order valence-electron chi connectivity index (χ0n) is 8.13. The molecule has 14 heavy (non-hydrogen) atoms. The second-order valence-electron chi connectivity index (χ2n) is 3.10. The van der Waals surface area contributed by atoms with Crippen molar-refractivity contribution in [3.05, 3.63) is 28.1 Å². The quantitative estimate of drug-likeness (QED) is 0.749. The normalized spacial score (nSPS) is 10.8. The number of thiophene rings is 1. The molecule has 1 nitrogen and oxygen atoms in total. The van der Waals surface area contributed by atoms with E-state index in [9.17, 15) is 0 Å². The largest absolute Gasteiger partial charge is 0.496 e.